The zero-order valence-corrected chi connectivity index (χ0v) is 9.15. The fraction of sp³-hybridized carbons (Fsp3) is 0.273. The first kappa shape index (κ1) is 13.1. The van der Waals surface area contributed by atoms with Gasteiger partial charge in [-0.25, -0.2) is 0 Å². The molecular formula is C11H11ClF3N. The van der Waals surface area contributed by atoms with Crippen LogP contribution in [0.2, 0.25) is 5.02 Å². The summed E-state index contributed by atoms with van der Waals surface area (Å²) in [7, 11) is 0. The molecule has 1 aromatic rings. The van der Waals surface area contributed by atoms with E-state index in [0.717, 1.165) is 12.1 Å². The molecule has 0 spiro atoms. The van der Waals surface area contributed by atoms with Gasteiger partial charge in [0.05, 0.1) is 5.56 Å². The van der Waals surface area contributed by atoms with Crippen LogP contribution in [0.25, 0.3) is 6.08 Å². The first-order valence-electron chi connectivity index (χ1n) is 4.68. The van der Waals surface area contributed by atoms with Crippen LogP contribution in [0, 0.1) is 0 Å². The van der Waals surface area contributed by atoms with E-state index in [1.807, 2.05) is 0 Å². The lowest BCUT2D eigenvalue weighted by atomic mass is 10.1. The SMILES string of the molecule is NCCC=Cc1cc(Cl)cc(C(F)(F)F)c1. The molecule has 1 rings (SSSR count). The van der Waals surface area contributed by atoms with Crippen LogP contribution in [0.3, 0.4) is 0 Å². The van der Waals surface area contributed by atoms with Crippen molar-refractivity contribution in [1.82, 2.24) is 0 Å². The molecule has 1 nitrogen and oxygen atoms in total. The van der Waals surface area contributed by atoms with Crippen LogP contribution < -0.4 is 5.73 Å². The highest BCUT2D eigenvalue weighted by atomic mass is 35.5. The van der Waals surface area contributed by atoms with Crippen molar-refractivity contribution in [3.63, 3.8) is 0 Å². The van der Waals surface area contributed by atoms with Crippen molar-refractivity contribution in [1.29, 1.82) is 0 Å². The zero-order valence-electron chi connectivity index (χ0n) is 8.39. The van der Waals surface area contributed by atoms with Crippen molar-refractivity contribution >= 4 is 17.7 Å². The topological polar surface area (TPSA) is 26.0 Å². The fourth-order valence-corrected chi connectivity index (χ4v) is 1.43. The second-order valence-electron chi connectivity index (χ2n) is 3.25. The van der Waals surface area contributed by atoms with E-state index >= 15 is 0 Å². The molecule has 0 saturated carbocycles. The normalized spacial score (nSPS) is 12.3. The summed E-state index contributed by atoms with van der Waals surface area (Å²) < 4.78 is 37.3. The molecule has 0 saturated heterocycles. The maximum atomic E-state index is 12.4. The van der Waals surface area contributed by atoms with Gasteiger partial charge in [-0.15, -0.1) is 0 Å². The monoisotopic (exact) mass is 249 g/mol. The Kier molecular flexibility index (Phi) is 4.38. The minimum Gasteiger partial charge on any atom is -0.330 e. The number of nitrogens with two attached hydrogens (primary N) is 1. The van der Waals surface area contributed by atoms with E-state index in [4.69, 9.17) is 17.3 Å². The molecule has 0 amide bonds. The molecule has 0 radical (unpaired) electrons. The van der Waals surface area contributed by atoms with Crippen molar-refractivity contribution in [3.05, 3.63) is 40.4 Å². The van der Waals surface area contributed by atoms with E-state index in [-0.39, 0.29) is 5.02 Å². The molecule has 88 valence electrons. The average Bonchev–Trinajstić information content (AvgIpc) is 2.16. The maximum absolute atomic E-state index is 12.4. The van der Waals surface area contributed by atoms with E-state index in [1.165, 1.54) is 6.07 Å². The predicted molar refractivity (Wildman–Crippen MR) is 59.2 cm³/mol. The highest BCUT2D eigenvalue weighted by molar-refractivity contribution is 6.30. The first-order valence-corrected chi connectivity index (χ1v) is 5.05. The van der Waals surface area contributed by atoms with Gasteiger partial charge in [0.1, 0.15) is 0 Å². The lowest BCUT2D eigenvalue weighted by Gasteiger charge is -2.08. The number of hydrogen-bond acceptors (Lipinski definition) is 1. The molecule has 0 aliphatic heterocycles. The van der Waals surface area contributed by atoms with Crippen LogP contribution in [-0.4, -0.2) is 6.54 Å². The smallest absolute Gasteiger partial charge is 0.330 e. The van der Waals surface area contributed by atoms with Crippen molar-refractivity contribution in [2.24, 2.45) is 5.73 Å². The molecule has 0 atom stereocenters. The highest BCUT2D eigenvalue weighted by Crippen LogP contribution is 2.32. The van der Waals surface area contributed by atoms with Crippen LogP contribution in [0.1, 0.15) is 17.5 Å². The Balaban J connectivity index is 2.99. The second kappa shape index (κ2) is 5.37. The summed E-state index contributed by atoms with van der Waals surface area (Å²) in [4.78, 5) is 0. The van der Waals surface area contributed by atoms with Crippen LogP contribution in [0.15, 0.2) is 24.3 Å². The second-order valence-corrected chi connectivity index (χ2v) is 3.69. The minimum absolute atomic E-state index is 0.0715. The van der Waals surface area contributed by atoms with Crippen LogP contribution >= 0.6 is 11.6 Å². The van der Waals surface area contributed by atoms with Gasteiger partial charge in [-0.1, -0.05) is 23.8 Å². The van der Waals surface area contributed by atoms with E-state index in [1.54, 1.807) is 12.2 Å². The fourth-order valence-electron chi connectivity index (χ4n) is 1.19. The number of halogens is 4. The Morgan fingerprint density at radius 1 is 1.25 bits per heavy atom. The maximum Gasteiger partial charge on any atom is 0.416 e. The molecule has 5 heteroatoms. The van der Waals surface area contributed by atoms with Gasteiger partial charge in [0.2, 0.25) is 0 Å². The molecule has 2 N–H and O–H groups in total. The Morgan fingerprint density at radius 2 is 1.94 bits per heavy atom. The van der Waals surface area contributed by atoms with Crippen LogP contribution in [-0.2, 0) is 6.18 Å². The molecule has 0 aliphatic carbocycles. The van der Waals surface area contributed by atoms with Gasteiger partial charge in [-0.3, -0.25) is 0 Å². The van der Waals surface area contributed by atoms with Crippen molar-refractivity contribution < 1.29 is 13.2 Å². The van der Waals surface area contributed by atoms with Gasteiger partial charge < -0.3 is 5.73 Å². The van der Waals surface area contributed by atoms with Crippen molar-refractivity contribution in [2.75, 3.05) is 6.54 Å². The third-order valence-corrected chi connectivity index (χ3v) is 2.11. The van der Waals surface area contributed by atoms with Gasteiger partial charge in [0.25, 0.3) is 0 Å². The Bertz CT molecular complexity index is 385. The average molecular weight is 250 g/mol. The third-order valence-electron chi connectivity index (χ3n) is 1.89. The third kappa shape index (κ3) is 3.87. The van der Waals surface area contributed by atoms with Crippen molar-refractivity contribution in [2.45, 2.75) is 12.6 Å². The van der Waals surface area contributed by atoms with Crippen LogP contribution in [0.4, 0.5) is 13.2 Å². The van der Waals surface area contributed by atoms with Crippen molar-refractivity contribution in [3.8, 4) is 0 Å². The van der Waals surface area contributed by atoms with E-state index in [0.29, 0.717) is 18.5 Å². The molecule has 0 aliphatic rings. The molecule has 0 bridgehead atoms. The zero-order chi connectivity index (χ0) is 12.2. The summed E-state index contributed by atoms with van der Waals surface area (Å²) in [6, 6.07) is 3.44. The standard InChI is InChI=1S/C11H11ClF3N/c12-10-6-8(3-1-2-4-16)5-9(7-10)11(13,14)15/h1,3,5-7H,2,4,16H2. The lowest BCUT2D eigenvalue weighted by Crippen LogP contribution is -2.04. The summed E-state index contributed by atoms with van der Waals surface area (Å²) >= 11 is 5.61. The van der Waals surface area contributed by atoms with Gasteiger partial charge in [-0.05, 0) is 36.7 Å². The summed E-state index contributed by atoms with van der Waals surface area (Å²) in [5, 5.41) is 0.0715. The number of benzene rings is 1. The highest BCUT2D eigenvalue weighted by Gasteiger charge is 2.30. The largest absolute Gasteiger partial charge is 0.416 e. The van der Waals surface area contributed by atoms with E-state index in [9.17, 15) is 13.2 Å². The van der Waals surface area contributed by atoms with Gasteiger partial charge >= 0.3 is 6.18 Å². The quantitative estimate of drug-likeness (QED) is 0.868. The van der Waals surface area contributed by atoms with Gasteiger partial charge in [0, 0.05) is 5.02 Å². The van der Waals surface area contributed by atoms with Gasteiger partial charge in [0.15, 0.2) is 0 Å². The van der Waals surface area contributed by atoms with Crippen LogP contribution in [0.5, 0.6) is 0 Å². The lowest BCUT2D eigenvalue weighted by molar-refractivity contribution is -0.137. The molecule has 0 unspecified atom stereocenters. The summed E-state index contributed by atoms with van der Waals surface area (Å²) in [6.07, 6.45) is -0.463. The molecule has 1 aromatic carbocycles. The van der Waals surface area contributed by atoms with Gasteiger partial charge in [-0.2, -0.15) is 13.2 Å². The summed E-state index contributed by atoms with van der Waals surface area (Å²) in [5.41, 5.74) is 4.95. The molecular weight excluding hydrogens is 239 g/mol. The molecule has 16 heavy (non-hydrogen) atoms. The predicted octanol–water partition coefficient (Wildman–Crippen LogP) is 3.72. The number of rotatable bonds is 3. The Labute approximate surface area is 96.7 Å². The molecule has 0 fully saturated rings. The summed E-state index contributed by atoms with van der Waals surface area (Å²) in [6.45, 7) is 0.462. The Morgan fingerprint density at radius 3 is 2.50 bits per heavy atom. The first-order chi connectivity index (χ1) is 7.43. The minimum atomic E-state index is -4.37. The van der Waals surface area contributed by atoms with E-state index < -0.39 is 11.7 Å². The number of alkyl halides is 3. The summed E-state index contributed by atoms with van der Waals surface area (Å²) in [5.74, 6) is 0. The number of hydrogen-bond donors (Lipinski definition) is 1. The Hall–Kier alpha value is -1.00. The molecule has 0 heterocycles. The van der Waals surface area contributed by atoms with E-state index in [2.05, 4.69) is 0 Å². The molecule has 0 aromatic heterocycles.